The molecule has 200 valence electrons. The number of nitrogens with zero attached hydrogens (tertiary/aromatic N) is 7. The second kappa shape index (κ2) is 11.0. The number of aromatic amines is 1. The molecule has 2 aromatic carbocycles. The predicted molar refractivity (Wildman–Crippen MR) is 149 cm³/mol. The van der Waals surface area contributed by atoms with Crippen LogP contribution < -0.4 is 4.73 Å². The number of tetrazole rings is 1. The third kappa shape index (κ3) is 4.79. The first-order valence-electron chi connectivity index (χ1n) is 13.2. The molecule has 0 fully saturated rings. The second-order valence-corrected chi connectivity index (χ2v) is 9.58. The number of pyridine rings is 2. The summed E-state index contributed by atoms with van der Waals surface area (Å²) in [4.78, 5) is 9.58. The van der Waals surface area contributed by atoms with Crippen LogP contribution >= 0.6 is 0 Å². The molecular weight excluding hydrogens is 507 g/mol. The molecule has 0 bridgehead atoms. The van der Waals surface area contributed by atoms with Crippen molar-refractivity contribution in [3.63, 3.8) is 0 Å². The monoisotopic (exact) mass is 534 g/mol. The molecule has 9 nitrogen and oxygen atoms in total. The van der Waals surface area contributed by atoms with Crippen molar-refractivity contribution in [1.82, 2.24) is 35.2 Å². The average Bonchev–Trinajstić information content (AvgIpc) is 3.64. The fourth-order valence-corrected chi connectivity index (χ4v) is 4.97. The summed E-state index contributed by atoms with van der Waals surface area (Å²) >= 11 is 0. The number of nitrogens with one attached hydrogen (secondary N) is 1. The number of aromatic nitrogens is 8. The van der Waals surface area contributed by atoms with Gasteiger partial charge in [-0.3, -0.25) is 0 Å². The van der Waals surface area contributed by atoms with E-state index in [1.54, 1.807) is 24.3 Å². The highest BCUT2D eigenvalue weighted by Crippen LogP contribution is 2.31. The van der Waals surface area contributed by atoms with E-state index in [0.29, 0.717) is 34.8 Å². The van der Waals surface area contributed by atoms with E-state index < -0.39 is 6.67 Å². The van der Waals surface area contributed by atoms with Gasteiger partial charge in [-0.2, -0.15) is 4.73 Å². The second-order valence-electron chi connectivity index (χ2n) is 9.58. The largest absolute Gasteiger partial charge is 0.618 e. The fraction of sp³-hybridized carbons (Fsp3) is 0.200. The number of unbranched alkanes of at least 4 members (excludes halogenated alkanes) is 1. The summed E-state index contributed by atoms with van der Waals surface area (Å²) < 4.78 is 17.0. The quantitative estimate of drug-likeness (QED) is 0.195. The first-order chi connectivity index (χ1) is 19.7. The molecule has 0 aliphatic carbocycles. The van der Waals surface area contributed by atoms with Gasteiger partial charge in [0.25, 0.3) is 0 Å². The van der Waals surface area contributed by atoms with Crippen LogP contribution in [-0.2, 0) is 19.6 Å². The summed E-state index contributed by atoms with van der Waals surface area (Å²) in [6, 6.07) is 23.1. The Hall–Kier alpha value is -4.99. The van der Waals surface area contributed by atoms with Crippen LogP contribution in [0.5, 0.6) is 0 Å². The number of hydrogen-bond acceptors (Lipinski definition) is 6. The number of fused-ring (bicyclic) bond motifs is 1. The van der Waals surface area contributed by atoms with Gasteiger partial charge < -0.3 is 9.77 Å². The number of H-pyrrole nitrogens is 1. The minimum atomic E-state index is -0.787. The minimum absolute atomic E-state index is 0.223. The van der Waals surface area contributed by atoms with E-state index in [-0.39, 0.29) is 5.69 Å². The number of halogens is 1. The van der Waals surface area contributed by atoms with Crippen LogP contribution in [0.2, 0.25) is 0 Å². The summed E-state index contributed by atoms with van der Waals surface area (Å²) in [6.45, 7) is 1.89. The number of hydrogen-bond donors (Lipinski definition) is 1. The summed E-state index contributed by atoms with van der Waals surface area (Å²) in [7, 11) is 0. The maximum Gasteiger partial charge on any atom is 0.225 e. The molecule has 0 atom stereocenters. The maximum absolute atomic E-state index is 14.2. The standard InChI is InChI=1S/C30H27FN8O/c1-2-3-11-28-32-25-17-24(27-10-6-7-16-39(27)40)26(18-31)33-30(25)38(28)19-20-12-14-21(15-13-20)22-8-4-5-9-23(22)29-34-36-37-35-29/h4-10,12-17H,2-3,11,18-19H2,1H3,(H,34,35,36,37). The molecule has 4 aromatic heterocycles. The molecule has 10 heteroatoms. The topological polar surface area (TPSA) is 112 Å². The van der Waals surface area contributed by atoms with E-state index in [2.05, 4.69) is 56.4 Å². The van der Waals surface area contributed by atoms with Crippen molar-refractivity contribution in [3.8, 4) is 33.8 Å². The van der Waals surface area contributed by atoms with Crippen LogP contribution in [0.15, 0.2) is 79.0 Å². The van der Waals surface area contributed by atoms with Crippen LogP contribution in [-0.4, -0.2) is 35.2 Å². The van der Waals surface area contributed by atoms with Crippen LogP contribution in [0, 0.1) is 5.21 Å². The lowest BCUT2D eigenvalue weighted by Gasteiger charge is -2.12. The molecule has 6 aromatic rings. The highest BCUT2D eigenvalue weighted by Gasteiger charge is 2.20. The molecule has 0 aliphatic rings. The SMILES string of the molecule is CCCCc1nc2cc(-c3cccc[n+]3[O-])c(CF)nc2n1Cc1ccc(-c2ccccc2-c2nnn[nH]2)cc1. The summed E-state index contributed by atoms with van der Waals surface area (Å²) in [5.74, 6) is 1.50. The molecule has 0 unspecified atom stereocenters. The number of alkyl halides is 1. The molecule has 0 radical (unpaired) electrons. The van der Waals surface area contributed by atoms with Gasteiger partial charge in [0.05, 0.1) is 17.8 Å². The van der Waals surface area contributed by atoms with E-state index in [1.807, 2.05) is 24.3 Å². The van der Waals surface area contributed by atoms with Gasteiger partial charge in [-0.15, -0.1) is 5.10 Å². The highest BCUT2D eigenvalue weighted by molar-refractivity contribution is 5.81. The Labute approximate surface area is 230 Å². The van der Waals surface area contributed by atoms with Crippen molar-refractivity contribution < 1.29 is 9.12 Å². The van der Waals surface area contributed by atoms with E-state index in [0.717, 1.165) is 52.1 Å². The van der Waals surface area contributed by atoms with Crippen LogP contribution in [0.4, 0.5) is 4.39 Å². The van der Waals surface area contributed by atoms with Gasteiger partial charge in [0.1, 0.15) is 18.0 Å². The van der Waals surface area contributed by atoms with Gasteiger partial charge in [0, 0.05) is 24.1 Å². The van der Waals surface area contributed by atoms with Gasteiger partial charge in [0.2, 0.25) is 5.69 Å². The van der Waals surface area contributed by atoms with E-state index in [1.165, 1.54) is 6.20 Å². The third-order valence-corrected chi connectivity index (χ3v) is 6.99. The minimum Gasteiger partial charge on any atom is -0.618 e. The summed E-state index contributed by atoms with van der Waals surface area (Å²) in [5, 5.41) is 26.7. The smallest absolute Gasteiger partial charge is 0.225 e. The first kappa shape index (κ1) is 25.3. The Kier molecular flexibility index (Phi) is 6.96. The van der Waals surface area contributed by atoms with Gasteiger partial charge >= 0.3 is 0 Å². The number of imidazole rings is 1. The predicted octanol–water partition coefficient (Wildman–Crippen LogP) is 5.44. The summed E-state index contributed by atoms with van der Waals surface area (Å²) in [5.41, 5.74) is 6.33. The van der Waals surface area contributed by atoms with Gasteiger partial charge in [-0.1, -0.05) is 61.9 Å². The Bertz CT molecular complexity index is 1760. The molecule has 0 spiro atoms. The zero-order valence-electron chi connectivity index (χ0n) is 22.0. The average molecular weight is 535 g/mol. The lowest BCUT2D eigenvalue weighted by molar-refractivity contribution is -0.593. The van der Waals surface area contributed by atoms with Gasteiger partial charge in [-0.25, -0.2) is 19.5 Å². The van der Waals surface area contributed by atoms with Crippen molar-refractivity contribution in [2.24, 2.45) is 0 Å². The fourth-order valence-electron chi connectivity index (χ4n) is 4.97. The summed E-state index contributed by atoms with van der Waals surface area (Å²) in [6.07, 6.45) is 4.16. The number of aryl methyl sites for hydroxylation is 1. The van der Waals surface area contributed by atoms with Crippen molar-refractivity contribution >= 4 is 11.2 Å². The molecular formula is C30H27FN8O. The van der Waals surface area contributed by atoms with Crippen LogP contribution in [0.3, 0.4) is 0 Å². The third-order valence-electron chi connectivity index (χ3n) is 6.99. The van der Waals surface area contributed by atoms with Crippen molar-refractivity contribution in [2.45, 2.75) is 39.4 Å². The molecule has 0 aliphatic heterocycles. The van der Waals surface area contributed by atoms with Gasteiger partial charge in [0.15, 0.2) is 17.7 Å². The molecule has 6 rings (SSSR count). The maximum atomic E-state index is 14.2. The van der Waals surface area contributed by atoms with E-state index >= 15 is 0 Å². The number of rotatable bonds is 9. The van der Waals surface area contributed by atoms with Crippen LogP contribution in [0.25, 0.3) is 44.9 Å². The molecule has 1 N–H and O–H groups in total. The van der Waals surface area contributed by atoms with Crippen molar-refractivity contribution in [1.29, 1.82) is 0 Å². The van der Waals surface area contributed by atoms with Crippen molar-refractivity contribution in [3.05, 3.63) is 101 Å². The van der Waals surface area contributed by atoms with Crippen LogP contribution in [0.1, 0.15) is 36.8 Å². The first-order valence-corrected chi connectivity index (χ1v) is 13.2. The zero-order valence-corrected chi connectivity index (χ0v) is 22.0. The molecule has 4 heterocycles. The lowest BCUT2D eigenvalue weighted by atomic mass is 9.98. The van der Waals surface area contributed by atoms with E-state index in [9.17, 15) is 9.60 Å². The molecule has 0 saturated carbocycles. The lowest BCUT2D eigenvalue weighted by Crippen LogP contribution is -2.28. The Morgan fingerprint density at radius 2 is 1.75 bits per heavy atom. The highest BCUT2D eigenvalue weighted by atomic mass is 19.1. The van der Waals surface area contributed by atoms with Crippen molar-refractivity contribution in [2.75, 3.05) is 0 Å². The molecule has 0 saturated heterocycles. The van der Waals surface area contributed by atoms with E-state index in [4.69, 9.17) is 9.97 Å². The Morgan fingerprint density at radius 3 is 2.48 bits per heavy atom. The Balaban J connectivity index is 1.38. The van der Waals surface area contributed by atoms with Gasteiger partial charge in [-0.05, 0) is 45.7 Å². The normalized spacial score (nSPS) is 11.3. The Morgan fingerprint density at radius 1 is 0.950 bits per heavy atom. The zero-order chi connectivity index (χ0) is 27.5. The number of benzene rings is 2. The molecule has 40 heavy (non-hydrogen) atoms. The molecule has 0 amide bonds.